The molecular weight excluding hydrogens is 390 g/mol. The Balaban J connectivity index is 1.61. The summed E-state index contributed by atoms with van der Waals surface area (Å²) in [5.74, 6) is 1.02. The number of carbonyl (C=O) groups excluding carboxylic acids is 2. The molecule has 2 aliphatic heterocycles. The van der Waals surface area contributed by atoms with Crippen molar-refractivity contribution in [2.45, 2.75) is 39.5 Å². The van der Waals surface area contributed by atoms with E-state index in [0.29, 0.717) is 30.4 Å². The van der Waals surface area contributed by atoms with Gasteiger partial charge in [0.15, 0.2) is 0 Å². The van der Waals surface area contributed by atoms with Crippen molar-refractivity contribution < 1.29 is 14.3 Å². The molecule has 2 heterocycles. The Morgan fingerprint density at radius 2 is 1.81 bits per heavy atom. The number of carbonyl (C=O) groups is 2. The standard InChI is InChI=1S/C25H29N3O3/c1-16(2)17(3)28-14-21-22(24(28)29)23(26-25(30)27(21)4)19-11-8-12-20(13-19)31-15-18-9-6-5-7-10-18/h5-13,16-17,23H,14-15H2,1-4H3,(H,26,30). The molecule has 6 heteroatoms. The van der Waals surface area contributed by atoms with Crippen LogP contribution in [0.3, 0.4) is 0 Å². The predicted molar refractivity (Wildman–Crippen MR) is 119 cm³/mol. The van der Waals surface area contributed by atoms with Gasteiger partial charge < -0.3 is 15.0 Å². The molecule has 0 aromatic heterocycles. The summed E-state index contributed by atoms with van der Waals surface area (Å²) in [6.45, 7) is 7.18. The van der Waals surface area contributed by atoms with Crippen molar-refractivity contribution >= 4 is 11.9 Å². The summed E-state index contributed by atoms with van der Waals surface area (Å²) in [6.07, 6.45) is 0. The Morgan fingerprint density at radius 3 is 2.52 bits per heavy atom. The van der Waals surface area contributed by atoms with Gasteiger partial charge in [0.05, 0.1) is 23.9 Å². The van der Waals surface area contributed by atoms with E-state index in [0.717, 1.165) is 16.8 Å². The maximum atomic E-state index is 13.4. The van der Waals surface area contributed by atoms with Crippen LogP contribution in [0.2, 0.25) is 0 Å². The van der Waals surface area contributed by atoms with E-state index in [1.165, 1.54) is 0 Å². The molecule has 0 fully saturated rings. The third-order valence-electron chi connectivity index (χ3n) is 6.28. The van der Waals surface area contributed by atoms with Crippen LogP contribution in [0.4, 0.5) is 4.79 Å². The molecule has 2 unspecified atom stereocenters. The topological polar surface area (TPSA) is 61.9 Å². The zero-order valence-electron chi connectivity index (χ0n) is 18.5. The normalized spacial score (nSPS) is 19.6. The molecule has 0 saturated heterocycles. The van der Waals surface area contributed by atoms with Crippen LogP contribution in [0.15, 0.2) is 65.9 Å². The van der Waals surface area contributed by atoms with E-state index in [1.807, 2.05) is 59.5 Å². The lowest BCUT2D eigenvalue weighted by Gasteiger charge is -2.31. The fourth-order valence-corrected chi connectivity index (χ4v) is 4.05. The molecule has 2 aliphatic rings. The molecule has 162 valence electrons. The van der Waals surface area contributed by atoms with Crippen molar-refractivity contribution in [3.05, 3.63) is 77.0 Å². The van der Waals surface area contributed by atoms with Crippen LogP contribution < -0.4 is 10.1 Å². The monoisotopic (exact) mass is 419 g/mol. The van der Waals surface area contributed by atoms with Gasteiger partial charge in [-0.15, -0.1) is 0 Å². The number of likely N-dealkylation sites (N-methyl/N-ethyl adjacent to an activating group) is 1. The molecule has 6 nitrogen and oxygen atoms in total. The summed E-state index contributed by atoms with van der Waals surface area (Å²) in [7, 11) is 1.72. The third kappa shape index (κ3) is 4.02. The van der Waals surface area contributed by atoms with Gasteiger partial charge in [0.1, 0.15) is 12.4 Å². The van der Waals surface area contributed by atoms with Crippen LogP contribution in [0, 0.1) is 5.92 Å². The van der Waals surface area contributed by atoms with Crippen LogP contribution in [-0.2, 0) is 11.4 Å². The van der Waals surface area contributed by atoms with Crippen LogP contribution in [0.1, 0.15) is 37.9 Å². The number of hydrogen-bond donors (Lipinski definition) is 1. The van der Waals surface area contributed by atoms with Crippen LogP contribution in [0.25, 0.3) is 0 Å². The zero-order chi connectivity index (χ0) is 22.1. The van der Waals surface area contributed by atoms with E-state index in [4.69, 9.17) is 4.74 Å². The lowest BCUT2D eigenvalue weighted by Crippen LogP contribution is -2.45. The largest absolute Gasteiger partial charge is 0.489 e. The van der Waals surface area contributed by atoms with E-state index < -0.39 is 6.04 Å². The fourth-order valence-electron chi connectivity index (χ4n) is 4.05. The molecule has 31 heavy (non-hydrogen) atoms. The Morgan fingerprint density at radius 1 is 1.06 bits per heavy atom. The molecule has 1 N–H and O–H groups in total. The lowest BCUT2D eigenvalue weighted by molar-refractivity contribution is -0.128. The third-order valence-corrected chi connectivity index (χ3v) is 6.28. The second-order valence-corrected chi connectivity index (χ2v) is 8.57. The molecule has 2 aromatic carbocycles. The average molecular weight is 420 g/mol. The van der Waals surface area contributed by atoms with E-state index in [2.05, 4.69) is 26.1 Å². The van der Waals surface area contributed by atoms with Gasteiger partial charge in [0.2, 0.25) is 0 Å². The van der Waals surface area contributed by atoms with Crippen molar-refractivity contribution in [3.8, 4) is 5.75 Å². The lowest BCUT2D eigenvalue weighted by atomic mass is 9.95. The summed E-state index contributed by atoms with van der Waals surface area (Å²) in [6, 6.07) is 17.0. The summed E-state index contributed by atoms with van der Waals surface area (Å²) in [4.78, 5) is 29.5. The van der Waals surface area contributed by atoms with E-state index in [9.17, 15) is 9.59 Å². The first-order valence-electron chi connectivity index (χ1n) is 10.7. The summed E-state index contributed by atoms with van der Waals surface area (Å²) >= 11 is 0. The molecule has 0 saturated carbocycles. The molecule has 0 radical (unpaired) electrons. The Kier molecular flexibility index (Phi) is 5.72. The zero-order valence-corrected chi connectivity index (χ0v) is 18.5. The molecule has 2 aromatic rings. The first-order valence-corrected chi connectivity index (χ1v) is 10.7. The van der Waals surface area contributed by atoms with Crippen molar-refractivity contribution in [3.63, 3.8) is 0 Å². The number of nitrogens with one attached hydrogen (secondary N) is 1. The minimum Gasteiger partial charge on any atom is -0.489 e. The van der Waals surface area contributed by atoms with Crippen molar-refractivity contribution in [1.82, 2.24) is 15.1 Å². The summed E-state index contributed by atoms with van der Waals surface area (Å²) in [5.41, 5.74) is 3.35. The van der Waals surface area contributed by atoms with Crippen LogP contribution in [0.5, 0.6) is 5.75 Å². The summed E-state index contributed by atoms with van der Waals surface area (Å²) in [5, 5.41) is 3.00. The number of benzene rings is 2. The van der Waals surface area contributed by atoms with E-state index in [1.54, 1.807) is 11.9 Å². The van der Waals surface area contributed by atoms with Gasteiger partial charge in [0.25, 0.3) is 5.91 Å². The summed E-state index contributed by atoms with van der Waals surface area (Å²) < 4.78 is 5.97. The molecule has 0 spiro atoms. The molecular formula is C25H29N3O3. The van der Waals surface area contributed by atoms with Gasteiger partial charge in [-0.05, 0) is 36.1 Å². The van der Waals surface area contributed by atoms with E-state index in [-0.39, 0.29) is 18.0 Å². The van der Waals surface area contributed by atoms with Crippen molar-refractivity contribution in [2.75, 3.05) is 13.6 Å². The van der Waals surface area contributed by atoms with Gasteiger partial charge >= 0.3 is 6.03 Å². The maximum absolute atomic E-state index is 13.4. The highest BCUT2D eigenvalue weighted by molar-refractivity contribution is 6.01. The smallest absolute Gasteiger partial charge is 0.322 e. The van der Waals surface area contributed by atoms with Gasteiger partial charge in [-0.3, -0.25) is 9.69 Å². The van der Waals surface area contributed by atoms with Crippen LogP contribution >= 0.6 is 0 Å². The Hall–Kier alpha value is -3.28. The molecule has 4 rings (SSSR count). The number of rotatable bonds is 6. The highest BCUT2D eigenvalue weighted by Gasteiger charge is 2.44. The Bertz CT molecular complexity index is 1020. The van der Waals surface area contributed by atoms with Crippen molar-refractivity contribution in [1.29, 1.82) is 0 Å². The molecule has 2 atom stereocenters. The van der Waals surface area contributed by atoms with Gasteiger partial charge in [0, 0.05) is 13.1 Å². The minimum atomic E-state index is -0.490. The number of amides is 3. The number of hydrogen-bond acceptors (Lipinski definition) is 3. The first-order chi connectivity index (χ1) is 14.9. The second-order valence-electron chi connectivity index (χ2n) is 8.57. The highest BCUT2D eigenvalue weighted by Crippen LogP contribution is 2.37. The number of urea groups is 1. The SMILES string of the molecule is CC(C)C(C)N1CC2=C(C1=O)C(c1cccc(OCc3ccccc3)c1)NC(=O)N2C. The fraction of sp³-hybridized carbons (Fsp3) is 0.360. The minimum absolute atomic E-state index is 0.0105. The highest BCUT2D eigenvalue weighted by atomic mass is 16.5. The van der Waals surface area contributed by atoms with Gasteiger partial charge in [-0.25, -0.2) is 4.79 Å². The maximum Gasteiger partial charge on any atom is 0.322 e. The van der Waals surface area contributed by atoms with Gasteiger partial charge in [-0.2, -0.15) is 0 Å². The number of ether oxygens (including phenoxy) is 1. The number of nitrogens with zero attached hydrogens (tertiary/aromatic N) is 2. The van der Waals surface area contributed by atoms with Gasteiger partial charge in [-0.1, -0.05) is 56.3 Å². The van der Waals surface area contributed by atoms with Crippen LogP contribution in [-0.4, -0.2) is 41.4 Å². The molecule has 0 aliphatic carbocycles. The second kappa shape index (κ2) is 8.46. The average Bonchev–Trinajstić information content (AvgIpc) is 3.12. The molecule has 0 bridgehead atoms. The predicted octanol–water partition coefficient (Wildman–Crippen LogP) is 4.10. The van der Waals surface area contributed by atoms with Crippen molar-refractivity contribution in [2.24, 2.45) is 5.92 Å². The molecule has 3 amide bonds. The van der Waals surface area contributed by atoms with E-state index >= 15 is 0 Å². The Labute approximate surface area is 183 Å². The quantitative estimate of drug-likeness (QED) is 0.767. The first kappa shape index (κ1) is 21.0.